The summed E-state index contributed by atoms with van der Waals surface area (Å²) >= 11 is 0. The number of ether oxygens (including phenoxy) is 1. The second-order valence-corrected chi connectivity index (χ2v) is 9.48. The molecule has 0 radical (unpaired) electrons. The monoisotopic (exact) mass is 427 g/mol. The van der Waals surface area contributed by atoms with Crippen molar-refractivity contribution < 1.29 is 17.9 Å². The van der Waals surface area contributed by atoms with E-state index in [-0.39, 0.29) is 24.7 Å². The first-order valence-electron chi connectivity index (χ1n) is 9.90. The van der Waals surface area contributed by atoms with Gasteiger partial charge in [-0.25, -0.2) is 8.42 Å². The Morgan fingerprint density at radius 2 is 1.97 bits per heavy atom. The third-order valence-electron chi connectivity index (χ3n) is 5.46. The number of amides is 1. The number of hydrogen-bond acceptors (Lipinski definition) is 4. The summed E-state index contributed by atoms with van der Waals surface area (Å²) in [6.45, 7) is 1.04. The number of nitrogens with zero attached hydrogens (tertiary/aromatic N) is 2. The fourth-order valence-electron chi connectivity index (χ4n) is 3.81. The molecule has 8 heteroatoms. The summed E-state index contributed by atoms with van der Waals surface area (Å²) in [7, 11) is -1.83. The Hall–Kier alpha value is -2.84. The number of aromatic nitrogens is 1. The van der Waals surface area contributed by atoms with Crippen LogP contribution in [0.25, 0.3) is 10.9 Å². The lowest BCUT2D eigenvalue weighted by Gasteiger charge is -2.28. The van der Waals surface area contributed by atoms with E-state index in [4.69, 9.17) is 4.74 Å². The van der Waals surface area contributed by atoms with E-state index >= 15 is 0 Å². The quantitative estimate of drug-likeness (QED) is 0.627. The van der Waals surface area contributed by atoms with Crippen LogP contribution in [0.2, 0.25) is 0 Å². The van der Waals surface area contributed by atoms with E-state index in [0.717, 1.165) is 27.8 Å². The van der Waals surface area contributed by atoms with Gasteiger partial charge in [-0.05, 0) is 47.2 Å². The molecule has 7 nitrogen and oxygen atoms in total. The van der Waals surface area contributed by atoms with Crippen LogP contribution in [0, 0.1) is 0 Å². The lowest BCUT2D eigenvalue weighted by molar-refractivity contribution is -0.121. The van der Waals surface area contributed by atoms with Crippen LogP contribution in [-0.4, -0.2) is 49.1 Å². The number of methoxy groups -OCH3 is 1. The molecule has 158 valence electrons. The van der Waals surface area contributed by atoms with Gasteiger partial charge in [0.15, 0.2) is 0 Å². The van der Waals surface area contributed by atoms with Gasteiger partial charge in [0.25, 0.3) is 0 Å². The number of rotatable bonds is 7. The summed E-state index contributed by atoms with van der Waals surface area (Å²) in [5.74, 6) is 0.460. The second-order valence-electron chi connectivity index (χ2n) is 7.39. The molecule has 1 N–H and O–H groups in total. The molecular weight excluding hydrogens is 402 g/mol. The molecule has 2 aromatic carbocycles. The van der Waals surface area contributed by atoms with Gasteiger partial charge in [-0.2, -0.15) is 4.31 Å². The van der Waals surface area contributed by atoms with Gasteiger partial charge in [-0.15, -0.1) is 0 Å². The number of carbonyl (C=O) groups excluding carboxylic acids is 1. The summed E-state index contributed by atoms with van der Waals surface area (Å²) < 4.78 is 34.1. The van der Waals surface area contributed by atoms with E-state index < -0.39 is 10.0 Å². The first kappa shape index (κ1) is 20.4. The highest BCUT2D eigenvalue weighted by Gasteiger charge is 2.26. The van der Waals surface area contributed by atoms with E-state index in [9.17, 15) is 13.2 Å². The van der Waals surface area contributed by atoms with Gasteiger partial charge in [0.05, 0.1) is 12.9 Å². The normalized spacial score (nSPS) is 14.4. The average molecular weight is 428 g/mol. The zero-order chi connectivity index (χ0) is 21.1. The maximum absolute atomic E-state index is 12.7. The largest absolute Gasteiger partial charge is 0.497 e. The van der Waals surface area contributed by atoms with Crippen molar-refractivity contribution in [2.24, 2.45) is 0 Å². The van der Waals surface area contributed by atoms with Crippen molar-refractivity contribution in [1.82, 2.24) is 14.2 Å². The minimum atomic E-state index is -3.45. The molecule has 1 aliphatic rings. The van der Waals surface area contributed by atoms with Gasteiger partial charge < -0.3 is 14.6 Å². The maximum Gasteiger partial charge on any atom is 0.239 e. The minimum absolute atomic E-state index is 0.0896. The summed E-state index contributed by atoms with van der Waals surface area (Å²) in [4.78, 5) is 12.3. The van der Waals surface area contributed by atoms with Crippen molar-refractivity contribution in [3.05, 3.63) is 65.9 Å². The maximum atomic E-state index is 12.7. The van der Waals surface area contributed by atoms with Crippen molar-refractivity contribution in [3.8, 4) is 5.75 Å². The van der Waals surface area contributed by atoms with E-state index in [2.05, 4.69) is 5.32 Å². The predicted molar refractivity (Wildman–Crippen MR) is 116 cm³/mol. The molecule has 0 spiro atoms. The topological polar surface area (TPSA) is 80.6 Å². The molecule has 0 atom stereocenters. The number of carbonyl (C=O) groups is 1. The highest BCUT2D eigenvalue weighted by Crippen LogP contribution is 2.25. The highest BCUT2D eigenvalue weighted by atomic mass is 32.2. The summed E-state index contributed by atoms with van der Waals surface area (Å²) in [5.41, 5.74) is 3.09. The molecule has 0 fully saturated rings. The molecule has 1 aromatic heterocycles. The fourth-order valence-corrected chi connectivity index (χ4v) is 5.13. The molecule has 0 aliphatic carbocycles. The Morgan fingerprint density at radius 1 is 1.13 bits per heavy atom. The SMILES string of the molecule is COc1ccc2c(c1)CCN(S(=O)(=O)CCNC(=O)Cn1ccc3ccccc31)C2. The zero-order valence-corrected chi connectivity index (χ0v) is 17.7. The van der Waals surface area contributed by atoms with Gasteiger partial charge in [0, 0.05) is 31.3 Å². The predicted octanol–water partition coefficient (Wildman–Crippen LogP) is 2.15. The molecule has 3 aromatic rings. The van der Waals surface area contributed by atoms with Crippen LogP contribution in [0.3, 0.4) is 0 Å². The standard InChI is InChI=1S/C22H25N3O4S/c1-29-20-7-6-19-15-25(12-9-18(19)14-20)30(27,28)13-10-23-22(26)16-24-11-8-17-4-2-3-5-21(17)24/h2-8,11,14H,9-10,12-13,15-16H2,1H3,(H,23,26). The van der Waals surface area contributed by atoms with Crippen molar-refractivity contribution in [2.45, 2.75) is 19.5 Å². The Morgan fingerprint density at radius 3 is 2.80 bits per heavy atom. The summed E-state index contributed by atoms with van der Waals surface area (Å²) in [5, 5.41) is 3.80. The van der Waals surface area contributed by atoms with Crippen LogP contribution in [-0.2, 0) is 34.3 Å². The number of fused-ring (bicyclic) bond motifs is 2. The number of benzene rings is 2. The lowest BCUT2D eigenvalue weighted by Crippen LogP contribution is -2.40. The van der Waals surface area contributed by atoms with Crippen LogP contribution in [0.4, 0.5) is 0 Å². The average Bonchev–Trinajstić information content (AvgIpc) is 3.15. The van der Waals surface area contributed by atoms with Crippen LogP contribution < -0.4 is 10.1 Å². The third-order valence-corrected chi connectivity index (χ3v) is 7.28. The Kier molecular flexibility index (Phi) is 5.78. The van der Waals surface area contributed by atoms with Gasteiger partial charge in [-0.1, -0.05) is 24.3 Å². The van der Waals surface area contributed by atoms with E-state index in [1.54, 1.807) is 7.11 Å². The molecule has 0 saturated carbocycles. The van der Waals surface area contributed by atoms with Gasteiger partial charge in [-0.3, -0.25) is 4.79 Å². The number of sulfonamides is 1. The molecule has 0 saturated heterocycles. The van der Waals surface area contributed by atoms with Crippen LogP contribution in [0.15, 0.2) is 54.7 Å². The van der Waals surface area contributed by atoms with Gasteiger partial charge in [0.1, 0.15) is 12.3 Å². The van der Waals surface area contributed by atoms with Crippen molar-refractivity contribution in [2.75, 3.05) is 26.0 Å². The number of nitrogens with one attached hydrogen (secondary N) is 1. The lowest BCUT2D eigenvalue weighted by atomic mass is 10.0. The van der Waals surface area contributed by atoms with Crippen molar-refractivity contribution in [3.63, 3.8) is 0 Å². The van der Waals surface area contributed by atoms with Crippen molar-refractivity contribution >= 4 is 26.8 Å². The highest BCUT2D eigenvalue weighted by molar-refractivity contribution is 7.89. The smallest absolute Gasteiger partial charge is 0.239 e. The molecule has 1 amide bonds. The summed E-state index contributed by atoms with van der Waals surface area (Å²) in [6, 6.07) is 15.5. The zero-order valence-electron chi connectivity index (χ0n) is 16.9. The number of hydrogen-bond donors (Lipinski definition) is 1. The fraction of sp³-hybridized carbons (Fsp3) is 0.318. The number of para-hydroxylation sites is 1. The van der Waals surface area contributed by atoms with Gasteiger partial charge in [0.2, 0.25) is 15.9 Å². The van der Waals surface area contributed by atoms with E-state index in [1.165, 1.54) is 4.31 Å². The van der Waals surface area contributed by atoms with Crippen LogP contribution in [0.5, 0.6) is 5.75 Å². The molecule has 4 rings (SSSR count). The van der Waals surface area contributed by atoms with Crippen LogP contribution >= 0.6 is 0 Å². The summed E-state index contributed by atoms with van der Waals surface area (Å²) in [6.07, 6.45) is 2.51. The molecule has 2 heterocycles. The van der Waals surface area contributed by atoms with E-state index in [0.29, 0.717) is 19.5 Å². The third kappa shape index (κ3) is 4.34. The molecule has 1 aliphatic heterocycles. The van der Waals surface area contributed by atoms with Crippen molar-refractivity contribution in [1.29, 1.82) is 0 Å². The van der Waals surface area contributed by atoms with Crippen LogP contribution in [0.1, 0.15) is 11.1 Å². The second kappa shape index (κ2) is 8.49. The first-order chi connectivity index (χ1) is 14.5. The molecule has 0 bridgehead atoms. The van der Waals surface area contributed by atoms with E-state index in [1.807, 2.05) is 59.3 Å². The molecular formula is C22H25N3O4S. The Bertz CT molecular complexity index is 1170. The Labute approximate surface area is 176 Å². The molecule has 30 heavy (non-hydrogen) atoms. The minimum Gasteiger partial charge on any atom is -0.497 e. The first-order valence-corrected chi connectivity index (χ1v) is 11.5. The Balaban J connectivity index is 1.31. The molecule has 0 unspecified atom stereocenters. The van der Waals surface area contributed by atoms with Gasteiger partial charge >= 0.3 is 0 Å².